The first-order chi connectivity index (χ1) is 17.7. The number of hydrogen-bond acceptors (Lipinski definition) is 6. The van der Waals surface area contributed by atoms with Crippen LogP contribution in [0.15, 0.2) is 53.9 Å². The Morgan fingerprint density at radius 3 is 2.62 bits per heavy atom. The van der Waals surface area contributed by atoms with Crippen LogP contribution in [0.25, 0.3) is 16.6 Å². The summed E-state index contributed by atoms with van der Waals surface area (Å²) < 4.78 is 42.7. The number of hydrogen-bond donors (Lipinski definition) is 3. The smallest absolute Gasteiger partial charge is 0.383 e. The predicted molar refractivity (Wildman–Crippen MR) is 138 cm³/mol. The summed E-state index contributed by atoms with van der Waals surface area (Å²) in [6, 6.07) is 8.82. The van der Waals surface area contributed by atoms with Crippen molar-refractivity contribution in [2.45, 2.75) is 44.3 Å². The van der Waals surface area contributed by atoms with Crippen LogP contribution in [0.2, 0.25) is 5.02 Å². The molecule has 1 aliphatic carbocycles. The van der Waals surface area contributed by atoms with Crippen molar-refractivity contribution in [2.75, 3.05) is 11.1 Å². The van der Waals surface area contributed by atoms with E-state index in [1.54, 1.807) is 36.5 Å². The standard InChI is InChI=1S/C25H24ClF3N8/c26-18-8-4-5-9-19(18)35-23(30)17-12-33-37-13-14(16-11-32-24(31)36-22(16)25(27,28)29)10-20(37)21(17)34-15-6-2-1-3-7-15/h4-5,8-13,15,34H,1-3,6-7H2,(H2,30,35)(H2,31,32,36). The first-order valence-electron chi connectivity index (χ1n) is 11.8. The Morgan fingerprint density at radius 1 is 1.14 bits per heavy atom. The van der Waals surface area contributed by atoms with E-state index in [1.165, 1.54) is 17.1 Å². The number of nitrogen functional groups attached to an aromatic ring is 1. The molecule has 1 fully saturated rings. The number of nitrogens with zero attached hydrogens (tertiary/aromatic N) is 5. The molecule has 8 nitrogen and oxygen atoms in total. The van der Waals surface area contributed by atoms with E-state index in [0.717, 1.165) is 31.9 Å². The molecule has 3 heterocycles. The number of para-hydroxylation sites is 1. The molecule has 12 heteroatoms. The van der Waals surface area contributed by atoms with Gasteiger partial charge < -0.3 is 16.8 Å². The van der Waals surface area contributed by atoms with Crippen LogP contribution in [0.3, 0.4) is 0 Å². The van der Waals surface area contributed by atoms with Crippen molar-refractivity contribution >= 4 is 40.3 Å². The molecular formula is C25H24ClF3N8. The van der Waals surface area contributed by atoms with Crippen LogP contribution in [-0.2, 0) is 6.18 Å². The zero-order valence-corrected chi connectivity index (χ0v) is 20.4. The fraction of sp³-hybridized carbons (Fsp3) is 0.280. The second kappa shape index (κ2) is 9.89. The number of rotatable bonds is 5. The Hall–Kier alpha value is -3.86. The molecule has 0 bridgehead atoms. The molecule has 0 amide bonds. The maximum absolute atomic E-state index is 13.7. The molecule has 0 saturated heterocycles. The summed E-state index contributed by atoms with van der Waals surface area (Å²) in [5.41, 5.74) is 13.0. The number of aliphatic imine (C=N–C) groups is 1. The lowest BCUT2D eigenvalue weighted by Crippen LogP contribution is -2.25. The van der Waals surface area contributed by atoms with Crippen molar-refractivity contribution in [1.82, 2.24) is 19.6 Å². The highest BCUT2D eigenvalue weighted by Gasteiger charge is 2.37. The zero-order valence-electron chi connectivity index (χ0n) is 19.6. The molecule has 0 unspecified atom stereocenters. The second-order valence-corrected chi connectivity index (χ2v) is 9.32. The van der Waals surface area contributed by atoms with Crippen LogP contribution in [0.5, 0.6) is 0 Å². The molecule has 1 aliphatic rings. The SMILES string of the molecule is NC(=Nc1ccccc1Cl)c1cnn2cc(-c3cnc(N)nc3C(F)(F)F)cc2c1NC1CCCCC1. The summed E-state index contributed by atoms with van der Waals surface area (Å²) in [6.45, 7) is 0. The van der Waals surface area contributed by atoms with E-state index in [1.807, 2.05) is 0 Å². The molecule has 5 N–H and O–H groups in total. The summed E-state index contributed by atoms with van der Waals surface area (Å²) in [5.74, 6) is -0.278. The van der Waals surface area contributed by atoms with Gasteiger partial charge in [-0.15, -0.1) is 0 Å². The van der Waals surface area contributed by atoms with E-state index in [2.05, 4.69) is 25.4 Å². The van der Waals surface area contributed by atoms with Crippen molar-refractivity contribution in [2.24, 2.45) is 10.7 Å². The summed E-state index contributed by atoms with van der Waals surface area (Å²) in [6.07, 6.45) is 4.66. The van der Waals surface area contributed by atoms with Crippen LogP contribution >= 0.6 is 11.6 Å². The molecule has 1 saturated carbocycles. The second-order valence-electron chi connectivity index (χ2n) is 8.91. The number of benzene rings is 1. The molecule has 0 aliphatic heterocycles. The molecule has 0 spiro atoms. The predicted octanol–water partition coefficient (Wildman–Crippen LogP) is 5.83. The summed E-state index contributed by atoms with van der Waals surface area (Å²) >= 11 is 6.27. The van der Waals surface area contributed by atoms with Crippen LogP contribution < -0.4 is 16.8 Å². The number of halogens is 4. The molecular weight excluding hydrogens is 505 g/mol. The van der Waals surface area contributed by atoms with Crippen LogP contribution in [0.4, 0.5) is 30.5 Å². The maximum atomic E-state index is 13.7. The molecule has 0 radical (unpaired) electrons. The van der Waals surface area contributed by atoms with Gasteiger partial charge in [-0.05, 0) is 31.0 Å². The van der Waals surface area contributed by atoms with Gasteiger partial charge in [0.15, 0.2) is 5.69 Å². The lowest BCUT2D eigenvalue weighted by atomic mass is 9.95. The fourth-order valence-corrected chi connectivity index (χ4v) is 4.73. The van der Waals surface area contributed by atoms with E-state index < -0.39 is 17.8 Å². The largest absolute Gasteiger partial charge is 0.434 e. The average molecular weight is 529 g/mol. The Kier molecular flexibility index (Phi) is 6.63. The molecule has 1 aromatic carbocycles. The number of amidine groups is 1. The normalized spacial score (nSPS) is 15.3. The van der Waals surface area contributed by atoms with Crippen LogP contribution in [0.1, 0.15) is 43.4 Å². The lowest BCUT2D eigenvalue weighted by Gasteiger charge is -2.25. The molecule has 3 aromatic heterocycles. The van der Waals surface area contributed by atoms with Crippen LogP contribution in [-0.4, -0.2) is 31.5 Å². The van der Waals surface area contributed by atoms with Gasteiger partial charge in [0.2, 0.25) is 5.95 Å². The third-order valence-corrected chi connectivity index (χ3v) is 6.67. The van der Waals surface area contributed by atoms with Gasteiger partial charge in [-0.2, -0.15) is 18.3 Å². The van der Waals surface area contributed by atoms with Gasteiger partial charge in [0.1, 0.15) is 5.84 Å². The molecule has 4 aromatic rings. The highest BCUT2D eigenvalue weighted by molar-refractivity contribution is 6.33. The van der Waals surface area contributed by atoms with Gasteiger partial charge in [0.25, 0.3) is 0 Å². The van der Waals surface area contributed by atoms with E-state index in [9.17, 15) is 13.2 Å². The number of alkyl halides is 3. The Balaban J connectivity index is 1.66. The number of anilines is 2. The lowest BCUT2D eigenvalue weighted by molar-refractivity contribution is -0.140. The highest BCUT2D eigenvalue weighted by atomic mass is 35.5. The van der Waals surface area contributed by atoms with Crippen molar-refractivity contribution < 1.29 is 13.2 Å². The number of aromatic nitrogens is 4. The van der Waals surface area contributed by atoms with Gasteiger partial charge in [-0.1, -0.05) is 43.0 Å². The monoisotopic (exact) mass is 528 g/mol. The van der Waals surface area contributed by atoms with Crippen molar-refractivity contribution in [1.29, 1.82) is 0 Å². The first-order valence-corrected chi connectivity index (χ1v) is 12.2. The summed E-state index contributed by atoms with van der Waals surface area (Å²) in [4.78, 5) is 11.7. The van der Waals surface area contributed by atoms with Gasteiger partial charge in [-0.25, -0.2) is 19.5 Å². The Bertz CT molecular complexity index is 1470. The molecule has 192 valence electrons. The minimum absolute atomic E-state index is 0.177. The van der Waals surface area contributed by atoms with E-state index in [0.29, 0.717) is 27.5 Å². The molecule has 0 atom stereocenters. The third kappa shape index (κ3) is 5.17. The molecule has 37 heavy (non-hydrogen) atoms. The van der Waals surface area contributed by atoms with E-state index in [4.69, 9.17) is 23.1 Å². The summed E-state index contributed by atoms with van der Waals surface area (Å²) in [5, 5.41) is 8.42. The maximum Gasteiger partial charge on any atom is 0.434 e. The Labute approximate surface area is 215 Å². The number of fused-ring (bicyclic) bond motifs is 1. The summed E-state index contributed by atoms with van der Waals surface area (Å²) in [7, 11) is 0. The fourth-order valence-electron chi connectivity index (χ4n) is 4.56. The molecule has 5 rings (SSSR count). The average Bonchev–Trinajstić information content (AvgIpc) is 3.30. The van der Waals surface area contributed by atoms with Gasteiger partial charge in [0.05, 0.1) is 33.7 Å². The topological polar surface area (TPSA) is 120 Å². The first kappa shape index (κ1) is 24.8. The minimum Gasteiger partial charge on any atom is -0.383 e. The third-order valence-electron chi connectivity index (χ3n) is 6.35. The minimum atomic E-state index is -4.71. The Morgan fingerprint density at radius 2 is 1.89 bits per heavy atom. The van der Waals surface area contributed by atoms with Gasteiger partial charge in [-0.3, -0.25) is 0 Å². The van der Waals surface area contributed by atoms with Crippen molar-refractivity contribution in [3.8, 4) is 11.1 Å². The van der Waals surface area contributed by atoms with Crippen LogP contribution in [0, 0.1) is 0 Å². The van der Waals surface area contributed by atoms with Gasteiger partial charge >= 0.3 is 6.18 Å². The van der Waals surface area contributed by atoms with Crippen molar-refractivity contribution in [3.05, 3.63) is 65.2 Å². The van der Waals surface area contributed by atoms with E-state index in [-0.39, 0.29) is 23.0 Å². The zero-order chi connectivity index (χ0) is 26.2. The van der Waals surface area contributed by atoms with Gasteiger partial charge in [0, 0.05) is 29.6 Å². The quantitative estimate of drug-likeness (QED) is 0.221. The number of nitrogens with two attached hydrogens (primary N) is 2. The van der Waals surface area contributed by atoms with E-state index >= 15 is 0 Å². The number of nitrogens with one attached hydrogen (secondary N) is 1. The van der Waals surface area contributed by atoms with Crippen molar-refractivity contribution in [3.63, 3.8) is 0 Å². The highest BCUT2D eigenvalue weighted by Crippen LogP contribution is 2.38.